The Balaban J connectivity index is 3.82. The molecule has 0 aromatic rings. The van der Waals surface area contributed by atoms with Crippen molar-refractivity contribution in [3.63, 3.8) is 0 Å². The summed E-state index contributed by atoms with van der Waals surface area (Å²) in [5.74, 6) is 0.0856. The van der Waals surface area contributed by atoms with Crippen molar-refractivity contribution in [3.8, 4) is 0 Å². The zero-order chi connectivity index (χ0) is 13.1. The van der Waals surface area contributed by atoms with Crippen LogP contribution < -0.4 is 0 Å². The summed E-state index contributed by atoms with van der Waals surface area (Å²) in [6, 6.07) is 0. The Morgan fingerprint density at radius 2 is 1.94 bits per heavy atom. The summed E-state index contributed by atoms with van der Waals surface area (Å²) in [5, 5.41) is 9.42. The van der Waals surface area contributed by atoms with Gasteiger partial charge in [-0.2, -0.15) is 0 Å². The molecule has 0 aliphatic heterocycles. The number of rotatable bonds is 8. The third kappa shape index (κ3) is 9.14. The SMILES string of the molecule is C=C/C=C\C=C(/C)OCC(O)COC(=O)C=C. The lowest BCUT2D eigenvalue weighted by Crippen LogP contribution is -2.22. The molecule has 0 heterocycles. The van der Waals surface area contributed by atoms with Gasteiger partial charge < -0.3 is 14.6 Å². The Morgan fingerprint density at radius 1 is 1.29 bits per heavy atom. The topological polar surface area (TPSA) is 55.8 Å². The fraction of sp³-hybridized carbons (Fsp3) is 0.308. The van der Waals surface area contributed by atoms with E-state index in [-0.39, 0.29) is 13.2 Å². The quantitative estimate of drug-likeness (QED) is 0.303. The van der Waals surface area contributed by atoms with Crippen molar-refractivity contribution in [1.29, 1.82) is 0 Å². The number of carbonyl (C=O) groups excluding carboxylic acids is 1. The van der Waals surface area contributed by atoms with Crippen LogP contribution in [0.3, 0.4) is 0 Å². The number of aliphatic hydroxyl groups excluding tert-OH is 1. The second-order valence-electron chi connectivity index (χ2n) is 3.20. The monoisotopic (exact) mass is 238 g/mol. The fourth-order valence-electron chi connectivity index (χ4n) is 0.831. The Morgan fingerprint density at radius 3 is 2.53 bits per heavy atom. The standard InChI is InChI=1S/C13H18O4/c1-4-6-7-8-11(3)16-9-12(14)10-17-13(15)5-2/h4-8,12,14H,1-2,9-10H2,3H3/b7-6-,11-8+. The molecule has 0 fully saturated rings. The Kier molecular flexibility index (Phi) is 8.42. The predicted molar refractivity (Wildman–Crippen MR) is 66.2 cm³/mol. The maximum Gasteiger partial charge on any atom is 0.330 e. The van der Waals surface area contributed by atoms with Gasteiger partial charge in [-0.1, -0.05) is 31.4 Å². The molecule has 0 saturated carbocycles. The second-order valence-corrected chi connectivity index (χ2v) is 3.20. The molecule has 0 rings (SSSR count). The largest absolute Gasteiger partial charge is 0.495 e. The Bertz CT molecular complexity index is 315. The van der Waals surface area contributed by atoms with Crippen molar-refractivity contribution in [1.82, 2.24) is 0 Å². The molecule has 0 aliphatic rings. The first-order chi connectivity index (χ1) is 8.10. The summed E-state index contributed by atoms with van der Waals surface area (Å²) in [5.41, 5.74) is 0. The fourth-order valence-corrected chi connectivity index (χ4v) is 0.831. The van der Waals surface area contributed by atoms with E-state index in [4.69, 9.17) is 4.74 Å². The summed E-state index contributed by atoms with van der Waals surface area (Å²) in [4.78, 5) is 10.7. The van der Waals surface area contributed by atoms with E-state index in [1.165, 1.54) is 0 Å². The maximum atomic E-state index is 10.7. The normalized spacial score (nSPS) is 13.2. The van der Waals surface area contributed by atoms with Crippen LogP contribution in [0.15, 0.2) is 49.3 Å². The van der Waals surface area contributed by atoms with E-state index in [1.807, 2.05) is 0 Å². The molecule has 0 bridgehead atoms. The summed E-state index contributed by atoms with van der Waals surface area (Å²) in [7, 11) is 0. The molecule has 1 unspecified atom stereocenters. The van der Waals surface area contributed by atoms with Gasteiger partial charge >= 0.3 is 5.97 Å². The van der Waals surface area contributed by atoms with Crippen LogP contribution in [-0.2, 0) is 14.3 Å². The lowest BCUT2D eigenvalue weighted by atomic mass is 10.4. The Hall–Kier alpha value is -1.81. The zero-order valence-electron chi connectivity index (χ0n) is 9.96. The molecule has 1 atom stereocenters. The average Bonchev–Trinajstić information content (AvgIpc) is 2.33. The van der Waals surface area contributed by atoms with E-state index < -0.39 is 12.1 Å². The molecule has 0 aromatic carbocycles. The predicted octanol–water partition coefficient (Wildman–Crippen LogP) is 1.74. The highest BCUT2D eigenvalue weighted by molar-refractivity contribution is 5.81. The van der Waals surface area contributed by atoms with Gasteiger partial charge in [0.05, 0.1) is 5.76 Å². The summed E-state index contributed by atoms with van der Waals surface area (Å²) < 4.78 is 9.87. The van der Waals surface area contributed by atoms with Crippen molar-refractivity contribution in [3.05, 3.63) is 49.3 Å². The van der Waals surface area contributed by atoms with Crippen molar-refractivity contribution < 1.29 is 19.4 Å². The minimum atomic E-state index is -0.856. The van der Waals surface area contributed by atoms with Crippen LogP contribution in [0.2, 0.25) is 0 Å². The van der Waals surface area contributed by atoms with Gasteiger partial charge in [0.25, 0.3) is 0 Å². The number of carbonyl (C=O) groups is 1. The van der Waals surface area contributed by atoms with E-state index >= 15 is 0 Å². The molecule has 4 heteroatoms. The summed E-state index contributed by atoms with van der Waals surface area (Å²) >= 11 is 0. The molecule has 0 aliphatic carbocycles. The highest BCUT2D eigenvalue weighted by atomic mass is 16.5. The van der Waals surface area contributed by atoms with Crippen LogP contribution in [0.1, 0.15) is 6.92 Å². The van der Waals surface area contributed by atoms with Gasteiger partial charge in [0.1, 0.15) is 19.3 Å². The van der Waals surface area contributed by atoms with Crippen LogP contribution >= 0.6 is 0 Å². The first-order valence-electron chi connectivity index (χ1n) is 5.16. The van der Waals surface area contributed by atoms with Crippen molar-refractivity contribution in [2.45, 2.75) is 13.0 Å². The van der Waals surface area contributed by atoms with Crippen molar-refractivity contribution in [2.75, 3.05) is 13.2 Å². The molecule has 4 nitrogen and oxygen atoms in total. The van der Waals surface area contributed by atoms with Crippen LogP contribution in [0.5, 0.6) is 0 Å². The number of hydrogen-bond donors (Lipinski definition) is 1. The van der Waals surface area contributed by atoms with Gasteiger partial charge in [-0.3, -0.25) is 0 Å². The lowest BCUT2D eigenvalue weighted by Gasteiger charge is -2.12. The van der Waals surface area contributed by atoms with Crippen LogP contribution in [0.25, 0.3) is 0 Å². The number of ether oxygens (including phenoxy) is 2. The number of allylic oxidation sites excluding steroid dienone is 5. The molecule has 17 heavy (non-hydrogen) atoms. The van der Waals surface area contributed by atoms with Gasteiger partial charge in [-0.25, -0.2) is 4.79 Å². The van der Waals surface area contributed by atoms with Gasteiger partial charge in [0, 0.05) is 6.08 Å². The highest BCUT2D eigenvalue weighted by Crippen LogP contribution is 1.98. The van der Waals surface area contributed by atoms with Gasteiger partial charge in [0.2, 0.25) is 0 Å². The molecular weight excluding hydrogens is 220 g/mol. The molecule has 0 aromatic heterocycles. The van der Waals surface area contributed by atoms with Crippen LogP contribution in [0, 0.1) is 0 Å². The molecule has 0 amide bonds. The zero-order valence-corrected chi connectivity index (χ0v) is 9.96. The Labute approximate surface area is 102 Å². The van der Waals surface area contributed by atoms with Crippen LogP contribution in [0.4, 0.5) is 0 Å². The second kappa shape index (κ2) is 9.42. The summed E-state index contributed by atoms with van der Waals surface area (Å²) in [6.07, 6.45) is 7.10. The molecule has 94 valence electrons. The minimum Gasteiger partial charge on any atom is -0.495 e. The van der Waals surface area contributed by atoms with Crippen molar-refractivity contribution >= 4 is 5.97 Å². The third-order valence-electron chi connectivity index (χ3n) is 1.67. The highest BCUT2D eigenvalue weighted by Gasteiger charge is 2.07. The first-order valence-corrected chi connectivity index (χ1v) is 5.16. The smallest absolute Gasteiger partial charge is 0.330 e. The number of aliphatic hydroxyl groups is 1. The van der Waals surface area contributed by atoms with E-state index in [0.717, 1.165) is 6.08 Å². The number of hydrogen-bond acceptors (Lipinski definition) is 4. The average molecular weight is 238 g/mol. The van der Waals surface area contributed by atoms with Gasteiger partial charge in [-0.05, 0) is 13.0 Å². The van der Waals surface area contributed by atoms with Crippen molar-refractivity contribution in [2.24, 2.45) is 0 Å². The molecule has 0 saturated heterocycles. The lowest BCUT2D eigenvalue weighted by molar-refractivity contribution is -0.141. The summed E-state index contributed by atoms with van der Waals surface area (Å²) in [6.45, 7) is 8.48. The molecule has 1 N–H and O–H groups in total. The molecule has 0 spiro atoms. The minimum absolute atomic E-state index is 0.0642. The van der Waals surface area contributed by atoms with E-state index in [9.17, 15) is 9.90 Å². The third-order valence-corrected chi connectivity index (χ3v) is 1.67. The maximum absolute atomic E-state index is 10.7. The van der Waals surface area contributed by atoms with Gasteiger partial charge in [-0.15, -0.1) is 0 Å². The van der Waals surface area contributed by atoms with E-state index in [0.29, 0.717) is 5.76 Å². The van der Waals surface area contributed by atoms with Gasteiger partial charge in [0.15, 0.2) is 0 Å². The van der Waals surface area contributed by atoms with E-state index in [1.54, 1.807) is 31.2 Å². The first kappa shape index (κ1) is 15.2. The molecular formula is C13H18O4. The molecule has 0 radical (unpaired) electrons. The van der Waals surface area contributed by atoms with E-state index in [2.05, 4.69) is 17.9 Å². The van der Waals surface area contributed by atoms with Crippen LogP contribution in [-0.4, -0.2) is 30.4 Å². The number of esters is 1.